The van der Waals surface area contributed by atoms with E-state index in [0.717, 1.165) is 12.8 Å². The van der Waals surface area contributed by atoms with Gasteiger partial charge in [0.05, 0.1) is 5.92 Å². The molecule has 2 aliphatic heterocycles. The zero-order valence-electron chi connectivity index (χ0n) is 12.0. The number of aliphatic carboxylic acids is 1. The van der Waals surface area contributed by atoms with Crippen molar-refractivity contribution in [3.8, 4) is 11.5 Å². The summed E-state index contributed by atoms with van der Waals surface area (Å²) < 4.78 is 10.5. The smallest absolute Gasteiger partial charge is 0.308 e. The van der Waals surface area contributed by atoms with Gasteiger partial charge in [0.2, 0.25) is 6.79 Å². The molecular formula is C16H17NO5. The van der Waals surface area contributed by atoms with Crippen molar-refractivity contribution < 1.29 is 24.2 Å². The average molecular weight is 303 g/mol. The number of nitrogens with zero attached hydrogens (tertiary/aromatic N) is 1. The number of ether oxygens (including phenoxy) is 2. The number of fused-ring (bicyclic) bond motifs is 1. The third-order valence-corrected chi connectivity index (χ3v) is 4.82. The molecule has 22 heavy (non-hydrogen) atoms. The Hall–Kier alpha value is -2.24. The fraction of sp³-hybridized carbons (Fsp3) is 0.500. The second kappa shape index (κ2) is 4.90. The van der Waals surface area contributed by atoms with Gasteiger partial charge in [0, 0.05) is 18.7 Å². The Kier molecular flexibility index (Phi) is 2.99. The molecule has 1 aromatic carbocycles. The number of amides is 1. The standard InChI is InChI=1S/C16H17NO5/c18-15(10-3-4-13-14(5-10)22-8-21-13)17-6-11(9-1-2-9)12(7-17)16(19)20/h3-5,9,11-12H,1-2,6-8H2,(H,19,20)/t11-,12+/m0/s1. The summed E-state index contributed by atoms with van der Waals surface area (Å²) in [5.74, 6) is 0.401. The summed E-state index contributed by atoms with van der Waals surface area (Å²) in [4.78, 5) is 25.7. The highest BCUT2D eigenvalue weighted by Crippen LogP contribution is 2.44. The SMILES string of the molecule is O=C(O)[C@@H]1CN(C(=O)c2ccc3c(c2)OCO3)C[C@H]1C1CC1. The van der Waals surface area contributed by atoms with Gasteiger partial charge in [-0.25, -0.2) is 0 Å². The number of benzene rings is 1. The number of rotatable bonds is 3. The van der Waals surface area contributed by atoms with Gasteiger partial charge in [-0.15, -0.1) is 0 Å². The van der Waals surface area contributed by atoms with Gasteiger partial charge in [0.1, 0.15) is 0 Å². The van der Waals surface area contributed by atoms with E-state index in [1.807, 2.05) is 0 Å². The molecular weight excluding hydrogens is 286 g/mol. The van der Waals surface area contributed by atoms with Crippen LogP contribution in [0.4, 0.5) is 0 Å². The Labute approximate surface area is 127 Å². The van der Waals surface area contributed by atoms with Crippen molar-refractivity contribution in [2.24, 2.45) is 17.8 Å². The van der Waals surface area contributed by atoms with Crippen LogP contribution in [0.15, 0.2) is 18.2 Å². The van der Waals surface area contributed by atoms with Crippen LogP contribution in [0.2, 0.25) is 0 Å². The maximum absolute atomic E-state index is 12.6. The summed E-state index contributed by atoms with van der Waals surface area (Å²) in [6, 6.07) is 5.10. The highest BCUT2D eigenvalue weighted by molar-refractivity contribution is 5.95. The second-order valence-corrected chi connectivity index (χ2v) is 6.22. The van der Waals surface area contributed by atoms with Gasteiger partial charge in [0.25, 0.3) is 5.91 Å². The van der Waals surface area contributed by atoms with Crippen LogP contribution in [0.1, 0.15) is 23.2 Å². The van der Waals surface area contributed by atoms with E-state index in [-0.39, 0.29) is 18.6 Å². The minimum Gasteiger partial charge on any atom is -0.481 e. The molecule has 1 saturated carbocycles. The number of hydrogen-bond donors (Lipinski definition) is 1. The molecule has 1 N–H and O–H groups in total. The van der Waals surface area contributed by atoms with Gasteiger partial charge in [-0.2, -0.15) is 0 Å². The summed E-state index contributed by atoms with van der Waals surface area (Å²) in [6.07, 6.45) is 2.17. The lowest BCUT2D eigenvalue weighted by Gasteiger charge is -2.16. The zero-order valence-corrected chi connectivity index (χ0v) is 12.0. The molecule has 0 unspecified atom stereocenters. The van der Waals surface area contributed by atoms with Crippen LogP contribution < -0.4 is 9.47 Å². The van der Waals surface area contributed by atoms with Gasteiger partial charge in [0.15, 0.2) is 11.5 Å². The lowest BCUT2D eigenvalue weighted by atomic mass is 9.92. The molecule has 0 bridgehead atoms. The molecule has 2 fully saturated rings. The third kappa shape index (κ3) is 2.19. The molecule has 1 aromatic rings. The summed E-state index contributed by atoms with van der Waals surface area (Å²) in [5.41, 5.74) is 0.518. The van der Waals surface area contributed by atoms with Crippen molar-refractivity contribution in [3.63, 3.8) is 0 Å². The Balaban J connectivity index is 1.54. The molecule has 0 spiro atoms. The van der Waals surface area contributed by atoms with E-state index in [1.54, 1.807) is 23.1 Å². The first-order chi connectivity index (χ1) is 10.6. The van der Waals surface area contributed by atoms with E-state index in [4.69, 9.17) is 9.47 Å². The van der Waals surface area contributed by atoms with Gasteiger partial charge in [-0.3, -0.25) is 9.59 Å². The minimum atomic E-state index is -0.794. The Morgan fingerprint density at radius 2 is 1.91 bits per heavy atom. The molecule has 3 aliphatic rings. The zero-order chi connectivity index (χ0) is 15.3. The predicted molar refractivity (Wildman–Crippen MR) is 75.8 cm³/mol. The van der Waals surface area contributed by atoms with Crippen molar-refractivity contribution in [2.75, 3.05) is 19.9 Å². The van der Waals surface area contributed by atoms with E-state index in [2.05, 4.69) is 0 Å². The third-order valence-electron chi connectivity index (χ3n) is 4.82. The van der Waals surface area contributed by atoms with E-state index >= 15 is 0 Å². The van der Waals surface area contributed by atoms with Gasteiger partial charge >= 0.3 is 5.97 Å². The van der Waals surface area contributed by atoms with Crippen molar-refractivity contribution >= 4 is 11.9 Å². The number of carboxylic acids is 1. The first kappa shape index (κ1) is 13.4. The largest absolute Gasteiger partial charge is 0.481 e. The monoisotopic (exact) mass is 303 g/mol. The van der Waals surface area contributed by atoms with Crippen LogP contribution in [0.3, 0.4) is 0 Å². The Morgan fingerprint density at radius 3 is 2.64 bits per heavy atom. The lowest BCUT2D eigenvalue weighted by Crippen LogP contribution is -2.29. The van der Waals surface area contributed by atoms with Crippen LogP contribution in [0.25, 0.3) is 0 Å². The Morgan fingerprint density at radius 1 is 1.14 bits per heavy atom. The van der Waals surface area contributed by atoms with Crippen molar-refractivity contribution in [3.05, 3.63) is 23.8 Å². The second-order valence-electron chi connectivity index (χ2n) is 6.22. The predicted octanol–water partition coefficient (Wildman–Crippen LogP) is 1.60. The van der Waals surface area contributed by atoms with Crippen molar-refractivity contribution in [1.82, 2.24) is 4.90 Å². The number of carbonyl (C=O) groups excluding carboxylic acids is 1. The van der Waals surface area contributed by atoms with E-state index in [1.165, 1.54) is 0 Å². The molecule has 0 aromatic heterocycles. The first-order valence-corrected chi connectivity index (χ1v) is 7.55. The highest BCUT2D eigenvalue weighted by Gasteiger charge is 2.47. The van der Waals surface area contributed by atoms with Gasteiger partial charge in [-0.1, -0.05) is 0 Å². The quantitative estimate of drug-likeness (QED) is 0.918. The molecule has 2 heterocycles. The molecule has 6 heteroatoms. The summed E-state index contributed by atoms with van der Waals surface area (Å²) in [6.45, 7) is 1.00. The number of carboxylic acid groups (broad SMARTS) is 1. The Bertz CT molecular complexity index is 639. The fourth-order valence-electron chi connectivity index (χ4n) is 3.47. The molecule has 0 radical (unpaired) electrons. The number of carbonyl (C=O) groups is 2. The van der Waals surface area contributed by atoms with Crippen molar-refractivity contribution in [2.45, 2.75) is 12.8 Å². The lowest BCUT2D eigenvalue weighted by molar-refractivity contribution is -0.142. The normalized spacial score (nSPS) is 26.3. The average Bonchev–Trinajstić information content (AvgIpc) is 3.09. The summed E-state index contributed by atoms with van der Waals surface area (Å²) >= 11 is 0. The molecule has 6 nitrogen and oxygen atoms in total. The number of hydrogen-bond acceptors (Lipinski definition) is 4. The molecule has 1 saturated heterocycles. The molecule has 1 amide bonds. The maximum atomic E-state index is 12.6. The highest BCUT2D eigenvalue weighted by atomic mass is 16.7. The van der Waals surface area contributed by atoms with Gasteiger partial charge in [-0.05, 0) is 42.9 Å². The van der Waals surface area contributed by atoms with E-state index in [9.17, 15) is 14.7 Å². The molecule has 4 rings (SSSR count). The number of likely N-dealkylation sites (tertiary alicyclic amines) is 1. The van der Waals surface area contributed by atoms with Gasteiger partial charge < -0.3 is 19.5 Å². The van der Waals surface area contributed by atoms with Crippen LogP contribution >= 0.6 is 0 Å². The van der Waals surface area contributed by atoms with Crippen LogP contribution in [-0.4, -0.2) is 41.8 Å². The fourth-order valence-corrected chi connectivity index (χ4v) is 3.47. The first-order valence-electron chi connectivity index (χ1n) is 7.55. The summed E-state index contributed by atoms with van der Waals surface area (Å²) in [5, 5.41) is 9.38. The molecule has 2 atom stereocenters. The van der Waals surface area contributed by atoms with Crippen molar-refractivity contribution in [1.29, 1.82) is 0 Å². The topological polar surface area (TPSA) is 76.1 Å². The minimum absolute atomic E-state index is 0.0930. The van der Waals surface area contributed by atoms with Crippen LogP contribution in [0.5, 0.6) is 11.5 Å². The molecule has 116 valence electrons. The summed E-state index contributed by atoms with van der Waals surface area (Å²) in [7, 11) is 0. The maximum Gasteiger partial charge on any atom is 0.308 e. The van der Waals surface area contributed by atoms with Crippen LogP contribution in [-0.2, 0) is 4.79 Å². The van der Waals surface area contributed by atoms with Crippen LogP contribution in [0, 0.1) is 17.8 Å². The molecule has 1 aliphatic carbocycles. The van der Waals surface area contributed by atoms with E-state index in [0.29, 0.717) is 36.1 Å². The van der Waals surface area contributed by atoms with E-state index < -0.39 is 11.9 Å².